The Morgan fingerprint density at radius 3 is 2.82 bits per heavy atom. The molecule has 1 aliphatic heterocycles. The second kappa shape index (κ2) is 7.84. The van der Waals surface area contributed by atoms with Crippen LogP contribution in [0.5, 0.6) is 5.75 Å². The summed E-state index contributed by atoms with van der Waals surface area (Å²) < 4.78 is 2.15. The molecule has 1 atom stereocenters. The molecule has 1 fully saturated rings. The Morgan fingerprint density at radius 1 is 1.21 bits per heavy atom. The molecule has 3 aromatic rings. The molecule has 0 radical (unpaired) electrons. The first-order valence-electron chi connectivity index (χ1n) is 9.60. The van der Waals surface area contributed by atoms with E-state index in [2.05, 4.69) is 14.5 Å². The van der Waals surface area contributed by atoms with Gasteiger partial charge >= 0.3 is 0 Å². The average Bonchev–Trinajstić information content (AvgIpc) is 3.16. The summed E-state index contributed by atoms with van der Waals surface area (Å²) >= 11 is 0. The van der Waals surface area contributed by atoms with Gasteiger partial charge in [-0.05, 0) is 55.2 Å². The van der Waals surface area contributed by atoms with Gasteiger partial charge in [0.25, 0.3) is 5.91 Å². The molecule has 0 bridgehead atoms. The number of carbonyl (C=O) groups is 1. The first-order valence-corrected chi connectivity index (χ1v) is 9.60. The summed E-state index contributed by atoms with van der Waals surface area (Å²) in [6.07, 6.45) is 9.32. The van der Waals surface area contributed by atoms with Crippen LogP contribution in [-0.4, -0.2) is 43.5 Å². The summed E-state index contributed by atoms with van der Waals surface area (Å²) in [4.78, 5) is 23.5. The molecule has 1 N–H and O–H groups in total. The van der Waals surface area contributed by atoms with Crippen LogP contribution in [0, 0.1) is 6.92 Å². The predicted molar refractivity (Wildman–Crippen MR) is 106 cm³/mol. The van der Waals surface area contributed by atoms with E-state index in [-0.39, 0.29) is 17.6 Å². The number of amides is 1. The molecule has 1 saturated heterocycles. The molecule has 1 unspecified atom stereocenters. The molecule has 0 aliphatic carbocycles. The van der Waals surface area contributed by atoms with Crippen molar-refractivity contribution in [2.75, 3.05) is 13.1 Å². The van der Waals surface area contributed by atoms with Crippen molar-refractivity contribution >= 4 is 5.91 Å². The van der Waals surface area contributed by atoms with Gasteiger partial charge in [-0.1, -0.05) is 6.07 Å². The van der Waals surface area contributed by atoms with E-state index in [0.29, 0.717) is 18.7 Å². The standard InChI is InChI=1S/C22H24N4O2/c1-16-4-5-19(20(27)13-16)22(28)26-11-2-3-18(15-26)21-24-10-12-25(21)14-17-6-8-23-9-7-17/h4-10,12-13,18,27H,2-3,11,14-15H2,1H3. The SMILES string of the molecule is Cc1ccc(C(=O)N2CCCC(c3nccn3Cc3ccncc3)C2)c(O)c1. The topological polar surface area (TPSA) is 71.2 Å². The molecule has 28 heavy (non-hydrogen) atoms. The molecule has 3 heterocycles. The number of aromatic nitrogens is 3. The fraction of sp³-hybridized carbons (Fsp3) is 0.318. The Balaban J connectivity index is 1.52. The van der Waals surface area contributed by atoms with Crippen molar-refractivity contribution < 1.29 is 9.90 Å². The highest BCUT2D eigenvalue weighted by molar-refractivity contribution is 5.97. The van der Waals surface area contributed by atoms with Crippen molar-refractivity contribution in [1.82, 2.24) is 19.4 Å². The highest BCUT2D eigenvalue weighted by Gasteiger charge is 2.29. The van der Waals surface area contributed by atoms with E-state index in [1.807, 2.05) is 42.4 Å². The van der Waals surface area contributed by atoms with Gasteiger partial charge in [0.05, 0.1) is 5.56 Å². The Hall–Kier alpha value is -3.15. The van der Waals surface area contributed by atoms with E-state index in [1.54, 1.807) is 24.5 Å². The maximum Gasteiger partial charge on any atom is 0.257 e. The van der Waals surface area contributed by atoms with Crippen LogP contribution in [0.4, 0.5) is 0 Å². The number of carbonyl (C=O) groups excluding carboxylic acids is 1. The number of piperidine rings is 1. The van der Waals surface area contributed by atoms with Gasteiger partial charge in [-0.3, -0.25) is 9.78 Å². The highest BCUT2D eigenvalue weighted by Crippen LogP contribution is 2.29. The molecule has 0 spiro atoms. The predicted octanol–water partition coefficient (Wildman–Crippen LogP) is 3.36. The zero-order valence-electron chi connectivity index (χ0n) is 16.0. The number of likely N-dealkylation sites (tertiary alicyclic amines) is 1. The minimum Gasteiger partial charge on any atom is -0.507 e. The number of phenols is 1. The van der Waals surface area contributed by atoms with Gasteiger partial charge < -0.3 is 14.6 Å². The summed E-state index contributed by atoms with van der Waals surface area (Å²) in [6, 6.07) is 9.20. The van der Waals surface area contributed by atoms with Gasteiger partial charge in [0.2, 0.25) is 0 Å². The number of benzene rings is 1. The lowest BCUT2D eigenvalue weighted by atomic mass is 9.96. The van der Waals surface area contributed by atoms with Gasteiger partial charge in [-0.15, -0.1) is 0 Å². The molecular formula is C22H24N4O2. The van der Waals surface area contributed by atoms with E-state index < -0.39 is 0 Å². The maximum absolute atomic E-state index is 13.0. The fourth-order valence-electron chi connectivity index (χ4n) is 3.86. The van der Waals surface area contributed by atoms with Crippen LogP contribution in [0.25, 0.3) is 0 Å². The number of nitrogens with zero attached hydrogens (tertiary/aromatic N) is 4. The summed E-state index contributed by atoms with van der Waals surface area (Å²) in [5.74, 6) is 1.12. The van der Waals surface area contributed by atoms with Gasteiger partial charge in [-0.2, -0.15) is 0 Å². The van der Waals surface area contributed by atoms with Crippen LogP contribution in [0.1, 0.15) is 46.1 Å². The first kappa shape index (κ1) is 18.2. The molecule has 1 aromatic carbocycles. The number of phenolic OH excluding ortho intramolecular Hbond substituents is 1. The lowest BCUT2D eigenvalue weighted by Crippen LogP contribution is -2.39. The monoisotopic (exact) mass is 376 g/mol. The van der Waals surface area contributed by atoms with Crippen LogP contribution in [0.3, 0.4) is 0 Å². The summed E-state index contributed by atoms with van der Waals surface area (Å²) in [5.41, 5.74) is 2.47. The molecule has 6 heteroatoms. The van der Waals surface area contributed by atoms with Crippen molar-refractivity contribution in [2.45, 2.75) is 32.2 Å². The number of hydrogen-bond acceptors (Lipinski definition) is 4. The third-order valence-corrected chi connectivity index (χ3v) is 5.31. The van der Waals surface area contributed by atoms with E-state index in [9.17, 15) is 9.90 Å². The lowest BCUT2D eigenvalue weighted by molar-refractivity contribution is 0.0700. The zero-order valence-corrected chi connectivity index (χ0v) is 16.0. The molecule has 4 rings (SSSR count). The van der Waals surface area contributed by atoms with E-state index in [4.69, 9.17) is 0 Å². The zero-order chi connectivity index (χ0) is 19.5. The number of imidazole rings is 1. The van der Waals surface area contributed by atoms with Crippen LogP contribution < -0.4 is 0 Å². The van der Waals surface area contributed by atoms with Crippen LogP contribution in [0.2, 0.25) is 0 Å². The molecule has 0 saturated carbocycles. The minimum absolute atomic E-state index is 0.0475. The van der Waals surface area contributed by atoms with Gasteiger partial charge in [0, 0.05) is 50.3 Å². The normalized spacial score (nSPS) is 16.9. The molecular weight excluding hydrogens is 352 g/mol. The number of aryl methyl sites for hydroxylation is 1. The maximum atomic E-state index is 13.0. The fourth-order valence-corrected chi connectivity index (χ4v) is 3.86. The van der Waals surface area contributed by atoms with Crippen LogP contribution in [-0.2, 0) is 6.54 Å². The largest absolute Gasteiger partial charge is 0.507 e. The smallest absolute Gasteiger partial charge is 0.257 e. The van der Waals surface area contributed by atoms with Crippen molar-refractivity contribution in [2.24, 2.45) is 0 Å². The summed E-state index contributed by atoms with van der Waals surface area (Å²) in [6.45, 7) is 3.95. The Morgan fingerprint density at radius 2 is 2.04 bits per heavy atom. The molecule has 2 aromatic heterocycles. The third-order valence-electron chi connectivity index (χ3n) is 5.31. The quantitative estimate of drug-likeness (QED) is 0.758. The minimum atomic E-state index is -0.116. The number of rotatable bonds is 4. The molecule has 6 nitrogen and oxygen atoms in total. The number of hydrogen-bond donors (Lipinski definition) is 1. The van der Waals surface area contributed by atoms with Crippen LogP contribution in [0.15, 0.2) is 55.1 Å². The van der Waals surface area contributed by atoms with Gasteiger partial charge in [0.1, 0.15) is 11.6 Å². The first-order chi connectivity index (χ1) is 13.6. The van der Waals surface area contributed by atoms with Gasteiger partial charge in [-0.25, -0.2) is 4.98 Å². The Labute approximate surface area is 164 Å². The number of pyridine rings is 1. The second-order valence-corrected chi connectivity index (χ2v) is 7.38. The van der Waals surface area contributed by atoms with Crippen LogP contribution >= 0.6 is 0 Å². The van der Waals surface area contributed by atoms with E-state index in [1.165, 1.54) is 5.56 Å². The van der Waals surface area contributed by atoms with Crippen molar-refractivity contribution in [3.63, 3.8) is 0 Å². The van der Waals surface area contributed by atoms with Crippen molar-refractivity contribution in [3.8, 4) is 5.75 Å². The van der Waals surface area contributed by atoms with E-state index >= 15 is 0 Å². The lowest BCUT2D eigenvalue weighted by Gasteiger charge is -2.33. The second-order valence-electron chi connectivity index (χ2n) is 7.38. The van der Waals surface area contributed by atoms with Crippen molar-refractivity contribution in [3.05, 3.63) is 77.6 Å². The molecule has 1 aliphatic rings. The average molecular weight is 376 g/mol. The van der Waals surface area contributed by atoms with E-state index in [0.717, 1.165) is 30.8 Å². The third kappa shape index (κ3) is 3.76. The Kier molecular flexibility index (Phi) is 5.10. The van der Waals surface area contributed by atoms with Gasteiger partial charge in [0.15, 0.2) is 0 Å². The van der Waals surface area contributed by atoms with Crippen molar-refractivity contribution in [1.29, 1.82) is 0 Å². The summed E-state index contributed by atoms with van der Waals surface area (Å²) in [5, 5.41) is 10.2. The molecule has 1 amide bonds. The number of aromatic hydroxyl groups is 1. The Bertz CT molecular complexity index is 968. The highest BCUT2D eigenvalue weighted by atomic mass is 16.3. The molecule has 144 valence electrons. The summed E-state index contributed by atoms with van der Waals surface area (Å²) in [7, 11) is 0.